The lowest BCUT2D eigenvalue weighted by atomic mass is 10.0. The molecule has 3 nitrogen and oxygen atoms in total. The van der Waals surface area contributed by atoms with Crippen LogP contribution >= 0.6 is 15.9 Å². The molecular weight excluding hydrogens is 265 g/mol. The Labute approximate surface area is 95.7 Å². The van der Waals surface area contributed by atoms with Crippen LogP contribution in [0.25, 0.3) is 0 Å². The first-order valence-electron chi connectivity index (χ1n) is 4.63. The summed E-state index contributed by atoms with van der Waals surface area (Å²) >= 11 is 3.23. The lowest BCUT2D eigenvalue weighted by Crippen LogP contribution is -2.21. The van der Waals surface area contributed by atoms with Gasteiger partial charge in [0.25, 0.3) is 0 Å². The van der Waals surface area contributed by atoms with Gasteiger partial charge in [0, 0.05) is 18.6 Å². The fourth-order valence-electron chi connectivity index (χ4n) is 1.56. The molecule has 1 aromatic heterocycles. The normalized spacial score (nSPS) is 25.5. The third-order valence-electron chi connectivity index (χ3n) is 2.44. The van der Waals surface area contributed by atoms with Crippen LogP contribution < -0.4 is 4.74 Å². The molecule has 1 aliphatic heterocycles. The second-order valence-corrected chi connectivity index (χ2v) is 4.30. The Hall–Kier alpha value is -0.680. The van der Waals surface area contributed by atoms with E-state index in [4.69, 9.17) is 9.47 Å². The molecule has 0 aromatic carbocycles. The fourth-order valence-corrected chi connectivity index (χ4v) is 1.98. The molecule has 5 heteroatoms. The van der Waals surface area contributed by atoms with E-state index >= 15 is 0 Å². The first-order chi connectivity index (χ1) is 7.14. The third kappa shape index (κ3) is 2.13. The largest absolute Gasteiger partial charge is 0.497 e. The van der Waals surface area contributed by atoms with Gasteiger partial charge in [0.2, 0.25) is 0 Å². The van der Waals surface area contributed by atoms with Crippen molar-refractivity contribution in [2.45, 2.75) is 12.1 Å². The molecule has 2 rings (SSSR count). The van der Waals surface area contributed by atoms with Crippen LogP contribution in [0.1, 0.15) is 12.1 Å². The zero-order valence-corrected chi connectivity index (χ0v) is 9.88. The van der Waals surface area contributed by atoms with Crippen molar-refractivity contribution in [3.05, 3.63) is 22.4 Å². The zero-order chi connectivity index (χ0) is 10.9. The molecule has 15 heavy (non-hydrogen) atoms. The number of pyridine rings is 1. The molecule has 0 radical (unpaired) electrons. The standard InChI is InChI=1S/C10H11BrFNO2/c1-14-7-4-8(13-9(11)5-7)10(12)2-3-15-6-10/h4-5H,2-3,6H2,1H3. The second-order valence-electron chi connectivity index (χ2n) is 3.48. The summed E-state index contributed by atoms with van der Waals surface area (Å²) in [4.78, 5) is 4.12. The number of alkyl halides is 1. The number of hydrogen-bond acceptors (Lipinski definition) is 3. The predicted octanol–water partition coefficient (Wildman–Crippen LogP) is 2.44. The number of rotatable bonds is 2. The zero-order valence-electron chi connectivity index (χ0n) is 8.30. The van der Waals surface area contributed by atoms with Gasteiger partial charge >= 0.3 is 0 Å². The molecule has 0 spiro atoms. The first kappa shape index (κ1) is 10.8. The Kier molecular flexibility index (Phi) is 2.93. The number of aromatic nitrogens is 1. The van der Waals surface area contributed by atoms with Gasteiger partial charge in [-0.05, 0) is 15.9 Å². The maximum Gasteiger partial charge on any atom is 0.178 e. The number of nitrogens with zero attached hydrogens (tertiary/aromatic N) is 1. The topological polar surface area (TPSA) is 31.4 Å². The van der Waals surface area contributed by atoms with E-state index in [0.29, 0.717) is 29.1 Å². The number of methoxy groups -OCH3 is 1. The predicted molar refractivity (Wildman–Crippen MR) is 56.7 cm³/mol. The highest BCUT2D eigenvalue weighted by atomic mass is 79.9. The van der Waals surface area contributed by atoms with E-state index < -0.39 is 5.67 Å². The van der Waals surface area contributed by atoms with E-state index in [9.17, 15) is 4.39 Å². The average molecular weight is 276 g/mol. The van der Waals surface area contributed by atoms with Crippen LogP contribution in [0.4, 0.5) is 4.39 Å². The molecule has 82 valence electrons. The molecule has 0 bridgehead atoms. The van der Waals surface area contributed by atoms with E-state index in [0.717, 1.165) is 0 Å². The maximum atomic E-state index is 14.3. The summed E-state index contributed by atoms with van der Waals surface area (Å²) in [6.07, 6.45) is 0.347. The van der Waals surface area contributed by atoms with Gasteiger partial charge in [0.15, 0.2) is 5.67 Å². The van der Waals surface area contributed by atoms with E-state index in [1.165, 1.54) is 0 Å². The lowest BCUT2D eigenvalue weighted by molar-refractivity contribution is 0.108. The quantitative estimate of drug-likeness (QED) is 0.777. The van der Waals surface area contributed by atoms with Crippen LogP contribution in [-0.4, -0.2) is 25.3 Å². The monoisotopic (exact) mass is 275 g/mol. The number of halogens is 2. The molecule has 1 aromatic rings. The van der Waals surface area contributed by atoms with Crippen molar-refractivity contribution in [2.24, 2.45) is 0 Å². The summed E-state index contributed by atoms with van der Waals surface area (Å²) in [6.45, 7) is 0.507. The summed E-state index contributed by atoms with van der Waals surface area (Å²) in [5.74, 6) is 0.593. The minimum atomic E-state index is -1.48. The minimum absolute atomic E-state index is 0.0691. The van der Waals surface area contributed by atoms with E-state index in [2.05, 4.69) is 20.9 Å². The van der Waals surface area contributed by atoms with Crippen LogP contribution in [-0.2, 0) is 10.4 Å². The average Bonchev–Trinajstić information content (AvgIpc) is 2.65. The Balaban J connectivity index is 2.38. The molecule has 1 aliphatic rings. The van der Waals surface area contributed by atoms with Gasteiger partial charge in [-0.15, -0.1) is 0 Å². The van der Waals surface area contributed by atoms with Crippen molar-refractivity contribution in [2.75, 3.05) is 20.3 Å². The SMILES string of the molecule is COc1cc(Br)nc(C2(F)CCOC2)c1. The second kappa shape index (κ2) is 4.06. The highest BCUT2D eigenvalue weighted by Crippen LogP contribution is 2.35. The van der Waals surface area contributed by atoms with Crippen LogP contribution in [0.3, 0.4) is 0 Å². The van der Waals surface area contributed by atoms with Crippen molar-refractivity contribution in [1.82, 2.24) is 4.98 Å². The third-order valence-corrected chi connectivity index (χ3v) is 2.84. The number of hydrogen-bond donors (Lipinski definition) is 0. The molecule has 1 saturated heterocycles. The van der Waals surface area contributed by atoms with Gasteiger partial charge in [-0.25, -0.2) is 9.37 Å². The van der Waals surface area contributed by atoms with Crippen molar-refractivity contribution >= 4 is 15.9 Å². The Morgan fingerprint density at radius 2 is 2.40 bits per heavy atom. The highest BCUT2D eigenvalue weighted by molar-refractivity contribution is 9.10. The summed E-state index contributed by atoms with van der Waals surface area (Å²) in [5, 5.41) is 0. The van der Waals surface area contributed by atoms with Gasteiger partial charge in [0.1, 0.15) is 10.4 Å². The van der Waals surface area contributed by atoms with Crippen LogP contribution in [0.5, 0.6) is 5.75 Å². The van der Waals surface area contributed by atoms with Crippen molar-refractivity contribution in [3.63, 3.8) is 0 Å². The molecule has 0 aliphatic carbocycles. The number of ether oxygens (including phenoxy) is 2. The lowest BCUT2D eigenvalue weighted by Gasteiger charge is -2.17. The first-order valence-corrected chi connectivity index (χ1v) is 5.42. The molecule has 0 N–H and O–H groups in total. The van der Waals surface area contributed by atoms with Crippen LogP contribution in [0.15, 0.2) is 16.7 Å². The van der Waals surface area contributed by atoms with Crippen molar-refractivity contribution in [1.29, 1.82) is 0 Å². The molecule has 1 unspecified atom stereocenters. The summed E-state index contributed by atoms with van der Waals surface area (Å²) in [7, 11) is 1.54. The minimum Gasteiger partial charge on any atom is -0.497 e. The van der Waals surface area contributed by atoms with Gasteiger partial charge in [-0.2, -0.15) is 0 Å². The molecule has 1 fully saturated rings. The van der Waals surface area contributed by atoms with E-state index in [1.54, 1.807) is 19.2 Å². The van der Waals surface area contributed by atoms with Gasteiger partial charge < -0.3 is 9.47 Å². The van der Waals surface area contributed by atoms with Crippen LogP contribution in [0, 0.1) is 0 Å². The molecule has 0 saturated carbocycles. The summed E-state index contributed by atoms with van der Waals surface area (Å²) in [5.41, 5.74) is -1.11. The summed E-state index contributed by atoms with van der Waals surface area (Å²) < 4.78 is 25.0. The van der Waals surface area contributed by atoms with E-state index in [-0.39, 0.29) is 6.61 Å². The Bertz CT molecular complexity index is 366. The molecule has 2 heterocycles. The molecule has 1 atom stereocenters. The van der Waals surface area contributed by atoms with Crippen molar-refractivity contribution in [3.8, 4) is 5.75 Å². The van der Waals surface area contributed by atoms with Crippen LogP contribution in [0.2, 0.25) is 0 Å². The molecule has 0 amide bonds. The summed E-state index contributed by atoms with van der Waals surface area (Å²) in [6, 6.07) is 3.31. The smallest absolute Gasteiger partial charge is 0.178 e. The van der Waals surface area contributed by atoms with E-state index in [1.807, 2.05) is 0 Å². The Morgan fingerprint density at radius 1 is 1.60 bits per heavy atom. The van der Waals surface area contributed by atoms with Crippen molar-refractivity contribution < 1.29 is 13.9 Å². The maximum absolute atomic E-state index is 14.3. The molecular formula is C10H11BrFNO2. The fraction of sp³-hybridized carbons (Fsp3) is 0.500. The highest BCUT2D eigenvalue weighted by Gasteiger charge is 2.38. The van der Waals surface area contributed by atoms with Gasteiger partial charge in [-0.3, -0.25) is 0 Å². The van der Waals surface area contributed by atoms with Gasteiger partial charge in [0.05, 0.1) is 26.0 Å². The van der Waals surface area contributed by atoms with Gasteiger partial charge in [-0.1, -0.05) is 0 Å². The Morgan fingerprint density at radius 3 is 3.00 bits per heavy atom.